The zero-order chi connectivity index (χ0) is 31.2. The van der Waals surface area contributed by atoms with Gasteiger partial charge in [0.25, 0.3) is 0 Å². The minimum atomic E-state index is -3.77. The lowest BCUT2D eigenvalue weighted by Gasteiger charge is -2.43. The second-order valence-corrected chi connectivity index (χ2v) is 22.9. The van der Waals surface area contributed by atoms with Crippen LogP contribution in [0.4, 0.5) is 0 Å². The third-order valence-electron chi connectivity index (χ3n) is 7.80. The van der Waals surface area contributed by atoms with E-state index in [4.69, 9.17) is 4.43 Å². The Labute approximate surface area is 247 Å². The summed E-state index contributed by atoms with van der Waals surface area (Å²) in [5.41, 5.74) is 0. The molecule has 0 saturated heterocycles. The third-order valence-corrected chi connectivity index (χ3v) is 17.3. The van der Waals surface area contributed by atoms with Gasteiger partial charge in [0.2, 0.25) is 10.0 Å². The van der Waals surface area contributed by atoms with Crippen LogP contribution in [0.25, 0.3) is 0 Å². The number of rotatable bonds is 14. The van der Waals surface area contributed by atoms with Gasteiger partial charge in [0.05, 0.1) is 32.0 Å². The first-order valence-corrected chi connectivity index (χ1v) is 19.9. The van der Waals surface area contributed by atoms with Gasteiger partial charge in [-0.15, -0.1) is 13.2 Å². The molecule has 0 amide bonds. The highest BCUT2D eigenvalue weighted by Gasteiger charge is 2.44. The molecule has 40 heavy (non-hydrogen) atoms. The lowest BCUT2D eigenvalue weighted by Crippen LogP contribution is -2.55. The van der Waals surface area contributed by atoms with Gasteiger partial charge < -0.3 is 4.43 Å². The normalized spacial score (nSPS) is 16.9. The first-order chi connectivity index (χ1) is 18.2. The van der Waals surface area contributed by atoms with Gasteiger partial charge in [-0.1, -0.05) is 71.0 Å². The molecule has 0 bridgehead atoms. The van der Waals surface area contributed by atoms with Crippen LogP contribution in [0.5, 0.6) is 0 Å². The Hall–Kier alpha value is -1.52. The van der Waals surface area contributed by atoms with E-state index in [1.807, 2.05) is 36.4 Å². The molecular weight excluding hydrogens is 557 g/mol. The van der Waals surface area contributed by atoms with E-state index < -0.39 is 38.9 Å². The predicted molar refractivity (Wildman–Crippen MR) is 175 cm³/mol. The number of benzene rings is 1. The Kier molecular flexibility index (Phi) is 12.9. The van der Waals surface area contributed by atoms with Crippen molar-refractivity contribution in [2.75, 3.05) is 20.2 Å². The van der Waals surface area contributed by atoms with Crippen LogP contribution in [0.15, 0.2) is 75.9 Å². The number of allylic oxidation sites excluding steroid dienone is 2. The van der Waals surface area contributed by atoms with Crippen molar-refractivity contribution in [1.29, 1.82) is 0 Å². The van der Waals surface area contributed by atoms with E-state index in [2.05, 4.69) is 65.2 Å². The summed E-state index contributed by atoms with van der Waals surface area (Å²) in [5, 5.41) is -0.0520. The van der Waals surface area contributed by atoms with Gasteiger partial charge in [-0.05, 0) is 69.3 Å². The second kappa shape index (κ2) is 14.1. The van der Waals surface area contributed by atoms with Gasteiger partial charge in [0.15, 0.2) is 8.32 Å². The maximum atomic E-state index is 14.5. The monoisotopic (exact) mass is 610 g/mol. The molecule has 1 rings (SSSR count). The molecule has 0 aliphatic heterocycles. The molecule has 0 heterocycles. The Bertz CT molecular complexity index is 1250. The quantitative estimate of drug-likeness (QED) is 0.159. The van der Waals surface area contributed by atoms with Crippen molar-refractivity contribution in [3.63, 3.8) is 0 Å². The van der Waals surface area contributed by atoms with Crippen LogP contribution in [-0.4, -0.2) is 56.2 Å². The highest BCUT2D eigenvalue weighted by molar-refractivity contribution is 7.97. The molecule has 6 nitrogen and oxygen atoms in total. The number of hydrogen-bond acceptors (Lipinski definition) is 5. The molecule has 0 radical (unpaired) electrons. The summed E-state index contributed by atoms with van der Waals surface area (Å²) in [6, 6.07) is 8.68. The fourth-order valence-electron chi connectivity index (χ4n) is 4.14. The average molecular weight is 611 g/mol. The molecule has 0 spiro atoms. The standard InChI is InChI=1S/C31H54N2O4S2Si/c1-14-19-27(38(34,32-11)26-20-17-16-18-21-26)23-28(25(3)4)29(24-37-40(12,13)31(8,9)10)33(22-15-2)39(35,36)30(5,6)7/h14-18,20-21,23,25,28-29H,1-2,19,22,24H2,3-13H3/b27-23+/t28-,29+,38?/m0/s1. The van der Waals surface area contributed by atoms with E-state index in [9.17, 15) is 12.6 Å². The van der Waals surface area contributed by atoms with Crippen molar-refractivity contribution in [2.45, 2.75) is 95.6 Å². The molecule has 0 fully saturated rings. The van der Waals surface area contributed by atoms with Crippen LogP contribution in [0.3, 0.4) is 0 Å². The summed E-state index contributed by atoms with van der Waals surface area (Å²) < 4.78 is 54.2. The summed E-state index contributed by atoms with van der Waals surface area (Å²) in [4.78, 5) is 1.24. The van der Waals surface area contributed by atoms with Gasteiger partial charge in [-0.2, -0.15) is 4.31 Å². The lowest BCUT2D eigenvalue weighted by atomic mass is 9.88. The topological polar surface area (TPSA) is 76.0 Å². The Morgan fingerprint density at radius 2 is 1.57 bits per heavy atom. The molecule has 0 aromatic heterocycles. The molecule has 0 aliphatic carbocycles. The number of nitrogens with zero attached hydrogens (tertiary/aromatic N) is 2. The van der Waals surface area contributed by atoms with Crippen molar-refractivity contribution in [1.82, 2.24) is 4.31 Å². The van der Waals surface area contributed by atoms with Crippen LogP contribution in [0, 0.1) is 11.8 Å². The first kappa shape index (κ1) is 36.5. The summed E-state index contributed by atoms with van der Waals surface area (Å²) in [6.45, 7) is 28.3. The zero-order valence-electron chi connectivity index (χ0n) is 26.7. The maximum Gasteiger partial charge on any atom is 0.219 e. The Morgan fingerprint density at radius 1 is 1.02 bits per heavy atom. The largest absolute Gasteiger partial charge is 0.415 e. The molecule has 9 heteroatoms. The van der Waals surface area contributed by atoms with Crippen LogP contribution in [0.1, 0.15) is 61.8 Å². The van der Waals surface area contributed by atoms with Crippen molar-refractivity contribution < 1.29 is 17.1 Å². The van der Waals surface area contributed by atoms with Crippen molar-refractivity contribution in [3.8, 4) is 0 Å². The van der Waals surface area contributed by atoms with Crippen LogP contribution in [-0.2, 0) is 24.2 Å². The Morgan fingerprint density at radius 3 is 1.98 bits per heavy atom. The molecule has 3 atom stereocenters. The number of sulfonamides is 1. The zero-order valence-corrected chi connectivity index (χ0v) is 29.4. The smallest absolute Gasteiger partial charge is 0.219 e. The minimum absolute atomic E-state index is 0.00611. The lowest BCUT2D eigenvalue weighted by molar-refractivity contribution is 0.145. The molecule has 0 N–H and O–H groups in total. The summed E-state index contributed by atoms with van der Waals surface area (Å²) >= 11 is 0. The summed E-state index contributed by atoms with van der Waals surface area (Å²) in [7, 11) is -7.37. The van der Waals surface area contributed by atoms with E-state index in [1.54, 1.807) is 44.3 Å². The summed E-state index contributed by atoms with van der Waals surface area (Å²) in [6.07, 6.45) is 5.70. The van der Waals surface area contributed by atoms with Gasteiger partial charge in [-0.3, -0.25) is 0 Å². The predicted octanol–water partition coefficient (Wildman–Crippen LogP) is 7.88. The van der Waals surface area contributed by atoms with E-state index in [0.717, 1.165) is 0 Å². The number of hydrogen-bond donors (Lipinski definition) is 0. The van der Waals surface area contributed by atoms with E-state index >= 15 is 0 Å². The Balaban J connectivity index is 4.01. The van der Waals surface area contributed by atoms with Crippen molar-refractivity contribution >= 4 is 28.1 Å². The SMILES string of the molecule is C=CC/C(=C\[C@@H](C(C)C)[C@@H](CO[Si](C)(C)C(C)(C)C)N(CC=C)S(=O)(=O)C(C)(C)C)S(=O)(=NC)c1ccccc1. The molecule has 228 valence electrons. The summed E-state index contributed by atoms with van der Waals surface area (Å²) in [5.74, 6) is -0.310. The third kappa shape index (κ3) is 8.50. The maximum absolute atomic E-state index is 14.5. The molecule has 1 aromatic carbocycles. The van der Waals surface area contributed by atoms with Gasteiger partial charge >= 0.3 is 0 Å². The van der Waals surface area contributed by atoms with Crippen LogP contribution < -0.4 is 0 Å². The van der Waals surface area contributed by atoms with Gasteiger partial charge in [0, 0.05) is 18.5 Å². The van der Waals surface area contributed by atoms with Crippen molar-refractivity contribution in [2.24, 2.45) is 16.2 Å². The molecule has 1 unspecified atom stereocenters. The van der Waals surface area contributed by atoms with Crippen LogP contribution in [0.2, 0.25) is 18.1 Å². The van der Waals surface area contributed by atoms with Gasteiger partial charge in [0.1, 0.15) is 0 Å². The fraction of sp³-hybridized carbons (Fsp3) is 0.613. The van der Waals surface area contributed by atoms with E-state index in [1.165, 1.54) is 0 Å². The molecular formula is C31H54N2O4S2Si. The average Bonchev–Trinajstić information content (AvgIpc) is 2.85. The molecule has 0 saturated carbocycles. The van der Waals surface area contributed by atoms with Crippen LogP contribution >= 0.6 is 0 Å². The molecule has 0 aliphatic rings. The second-order valence-electron chi connectivity index (χ2n) is 13.1. The minimum Gasteiger partial charge on any atom is -0.415 e. The highest BCUT2D eigenvalue weighted by atomic mass is 32.2. The van der Waals surface area contributed by atoms with E-state index in [0.29, 0.717) is 16.2 Å². The fourth-order valence-corrected chi connectivity index (χ4v) is 8.69. The van der Waals surface area contributed by atoms with Crippen molar-refractivity contribution in [3.05, 3.63) is 66.6 Å². The van der Waals surface area contributed by atoms with E-state index in [-0.39, 0.29) is 30.0 Å². The molecule has 1 aromatic rings. The van der Waals surface area contributed by atoms with Gasteiger partial charge in [-0.25, -0.2) is 17.0 Å². The highest BCUT2D eigenvalue weighted by Crippen LogP contribution is 2.39. The first-order valence-electron chi connectivity index (χ1n) is 14.0.